The summed E-state index contributed by atoms with van der Waals surface area (Å²) in [6, 6.07) is 11.4. The third-order valence-corrected chi connectivity index (χ3v) is 3.92. The summed E-state index contributed by atoms with van der Waals surface area (Å²) in [6.45, 7) is -0.445. The van der Waals surface area contributed by atoms with Gasteiger partial charge < -0.3 is 24.3 Å². The number of ether oxygens (including phenoxy) is 4. The number of methoxy groups -OCH3 is 3. The van der Waals surface area contributed by atoms with Gasteiger partial charge >= 0.3 is 5.97 Å². The highest BCUT2D eigenvalue weighted by Gasteiger charge is 2.11. The molecule has 0 heterocycles. The Morgan fingerprint density at radius 3 is 2.32 bits per heavy atom. The molecule has 0 aliphatic heterocycles. The van der Waals surface area contributed by atoms with E-state index in [0.717, 1.165) is 0 Å². The fraction of sp³-hybridized carbons (Fsp3) is 0.238. The minimum atomic E-state index is -0.497. The van der Waals surface area contributed by atoms with Crippen LogP contribution >= 0.6 is 0 Å². The average molecular weight is 429 g/mol. The first-order chi connectivity index (χ1) is 15.0. The van der Waals surface area contributed by atoms with Gasteiger partial charge in [0.05, 0.1) is 34.1 Å². The number of amides is 2. The first kappa shape index (κ1) is 23.2. The lowest BCUT2D eigenvalue weighted by molar-refractivity contribution is -0.142. The average Bonchev–Trinajstić information content (AvgIpc) is 2.81. The van der Waals surface area contributed by atoms with E-state index in [9.17, 15) is 14.4 Å². The normalized spacial score (nSPS) is 10.3. The van der Waals surface area contributed by atoms with E-state index in [1.807, 2.05) is 0 Å². The molecule has 0 bridgehead atoms. The van der Waals surface area contributed by atoms with Crippen LogP contribution in [-0.4, -0.2) is 58.5 Å². The molecule has 0 fully saturated rings. The highest BCUT2D eigenvalue weighted by Crippen LogP contribution is 2.27. The summed E-state index contributed by atoms with van der Waals surface area (Å²) in [7, 11) is 4.24. The number of hydrogen-bond acceptors (Lipinski definition) is 8. The molecule has 0 spiro atoms. The van der Waals surface area contributed by atoms with E-state index in [1.165, 1.54) is 33.6 Å². The molecule has 2 amide bonds. The number of carbonyl (C=O) groups excluding carboxylic acids is 3. The zero-order chi connectivity index (χ0) is 22.6. The van der Waals surface area contributed by atoms with E-state index in [0.29, 0.717) is 28.4 Å². The molecule has 0 saturated heterocycles. The van der Waals surface area contributed by atoms with Crippen LogP contribution in [0, 0.1) is 0 Å². The Kier molecular flexibility index (Phi) is 8.84. The number of nitrogens with one attached hydrogen (secondary N) is 2. The van der Waals surface area contributed by atoms with Crippen LogP contribution in [0.1, 0.15) is 15.9 Å². The van der Waals surface area contributed by atoms with Crippen molar-refractivity contribution in [2.45, 2.75) is 0 Å². The van der Waals surface area contributed by atoms with Gasteiger partial charge in [0, 0.05) is 5.56 Å². The van der Waals surface area contributed by atoms with E-state index >= 15 is 0 Å². The van der Waals surface area contributed by atoms with E-state index in [1.54, 1.807) is 36.4 Å². The second-order valence-corrected chi connectivity index (χ2v) is 5.98. The minimum absolute atomic E-state index is 0.185. The Hall–Kier alpha value is -4.08. The third kappa shape index (κ3) is 7.35. The summed E-state index contributed by atoms with van der Waals surface area (Å²) in [5.41, 5.74) is 3.34. The van der Waals surface area contributed by atoms with E-state index < -0.39 is 17.8 Å². The number of benzene rings is 2. The highest BCUT2D eigenvalue weighted by atomic mass is 16.6. The molecular weight excluding hydrogens is 406 g/mol. The maximum atomic E-state index is 12.2. The summed E-state index contributed by atoms with van der Waals surface area (Å²) in [5.74, 6) is -0.0260. The molecule has 0 saturated carbocycles. The quantitative estimate of drug-likeness (QED) is 0.330. The van der Waals surface area contributed by atoms with Crippen molar-refractivity contribution in [1.82, 2.24) is 10.7 Å². The van der Waals surface area contributed by atoms with E-state index in [2.05, 4.69) is 20.6 Å². The predicted molar refractivity (Wildman–Crippen MR) is 112 cm³/mol. The molecule has 2 aromatic rings. The first-order valence-electron chi connectivity index (χ1n) is 9.08. The summed E-state index contributed by atoms with van der Waals surface area (Å²) in [4.78, 5) is 35.1. The van der Waals surface area contributed by atoms with E-state index in [4.69, 9.17) is 14.2 Å². The molecule has 10 nitrogen and oxygen atoms in total. The van der Waals surface area contributed by atoms with Crippen molar-refractivity contribution in [3.63, 3.8) is 0 Å². The van der Waals surface area contributed by atoms with Crippen molar-refractivity contribution in [3.05, 3.63) is 53.6 Å². The molecule has 31 heavy (non-hydrogen) atoms. The van der Waals surface area contributed by atoms with Crippen LogP contribution in [-0.2, 0) is 14.3 Å². The molecule has 0 unspecified atom stereocenters. The maximum Gasteiger partial charge on any atom is 0.343 e. The van der Waals surface area contributed by atoms with Crippen molar-refractivity contribution in [2.75, 3.05) is 34.5 Å². The number of rotatable bonds is 10. The zero-order valence-corrected chi connectivity index (χ0v) is 17.3. The highest BCUT2D eigenvalue weighted by molar-refractivity contribution is 5.97. The number of hydrazone groups is 1. The zero-order valence-electron chi connectivity index (χ0n) is 17.3. The van der Waals surface area contributed by atoms with Gasteiger partial charge in [-0.1, -0.05) is 0 Å². The van der Waals surface area contributed by atoms with E-state index in [-0.39, 0.29) is 13.2 Å². The number of carbonyl (C=O) groups is 3. The third-order valence-electron chi connectivity index (χ3n) is 3.92. The van der Waals surface area contributed by atoms with Crippen molar-refractivity contribution >= 4 is 24.0 Å². The molecule has 10 heteroatoms. The topological polar surface area (TPSA) is 125 Å². The Morgan fingerprint density at radius 1 is 0.968 bits per heavy atom. The van der Waals surface area contributed by atoms with Gasteiger partial charge in [-0.25, -0.2) is 10.2 Å². The number of nitrogens with zero attached hydrogens (tertiary/aromatic N) is 1. The van der Waals surface area contributed by atoms with Gasteiger partial charge in [0.2, 0.25) is 0 Å². The van der Waals surface area contributed by atoms with Crippen molar-refractivity contribution in [3.8, 4) is 17.2 Å². The SMILES string of the molecule is COC(=O)COc1ccc(/C=N\NC(=O)CNC(=O)c2ccc(OC)c(OC)c2)cc1. The van der Waals surface area contributed by atoms with Gasteiger partial charge in [-0.05, 0) is 48.0 Å². The Bertz CT molecular complexity index is 942. The number of hydrogen-bond donors (Lipinski definition) is 2. The maximum absolute atomic E-state index is 12.2. The molecule has 2 rings (SSSR count). The monoisotopic (exact) mass is 429 g/mol. The lowest BCUT2D eigenvalue weighted by atomic mass is 10.2. The van der Waals surface area contributed by atoms with Crippen LogP contribution in [0.5, 0.6) is 17.2 Å². The Labute approximate surface area is 179 Å². The van der Waals surface area contributed by atoms with Crippen LogP contribution in [0.15, 0.2) is 47.6 Å². The van der Waals surface area contributed by atoms with Gasteiger partial charge in [-0.3, -0.25) is 9.59 Å². The lowest BCUT2D eigenvalue weighted by Crippen LogP contribution is -2.34. The van der Waals surface area contributed by atoms with Gasteiger partial charge in [-0.2, -0.15) is 5.10 Å². The standard InChI is InChI=1S/C21H23N3O7/c1-28-17-9-6-15(10-18(17)29-2)21(27)22-12-19(25)24-23-11-14-4-7-16(8-5-14)31-13-20(26)30-3/h4-11H,12-13H2,1-3H3,(H,22,27)(H,24,25)/b23-11-. The minimum Gasteiger partial charge on any atom is -0.493 e. The second-order valence-electron chi connectivity index (χ2n) is 5.98. The molecule has 2 aromatic carbocycles. The van der Waals surface area contributed by atoms with Crippen molar-refractivity contribution in [1.29, 1.82) is 0 Å². The fourth-order valence-corrected chi connectivity index (χ4v) is 2.31. The van der Waals surface area contributed by atoms with Crippen LogP contribution in [0.25, 0.3) is 0 Å². The van der Waals surface area contributed by atoms with Crippen LogP contribution < -0.4 is 25.0 Å². The smallest absolute Gasteiger partial charge is 0.343 e. The molecular formula is C21H23N3O7. The molecule has 0 aromatic heterocycles. The summed E-state index contributed by atoms with van der Waals surface area (Å²) < 4.78 is 20.0. The molecule has 0 aliphatic rings. The number of esters is 1. The molecule has 2 N–H and O–H groups in total. The Balaban J connectivity index is 1.79. The van der Waals surface area contributed by atoms with Gasteiger partial charge in [0.15, 0.2) is 18.1 Å². The van der Waals surface area contributed by atoms with Crippen molar-refractivity contribution in [2.24, 2.45) is 5.10 Å². The summed E-state index contributed by atoms with van der Waals surface area (Å²) in [5, 5.41) is 6.33. The van der Waals surface area contributed by atoms with Gasteiger partial charge in [0.1, 0.15) is 5.75 Å². The lowest BCUT2D eigenvalue weighted by Gasteiger charge is -2.09. The molecule has 0 radical (unpaired) electrons. The Morgan fingerprint density at radius 2 is 1.68 bits per heavy atom. The van der Waals surface area contributed by atoms with Gasteiger partial charge in [-0.15, -0.1) is 0 Å². The molecule has 0 atom stereocenters. The molecule has 164 valence electrons. The largest absolute Gasteiger partial charge is 0.493 e. The summed E-state index contributed by atoms with van der Waals surface area (Å²) in [6.07, 6.45) is 1.43. The fourth-order valence-electron chi connectivity index (χ4n) is 2.31. The molecule has 0 aliphatic carbocycles. The van der Waals surface area contributed by atoms with Crippen LogP contribution in [0.2, 0.25) is 0 Å². The van der Waals surface area contributed by atoms with Crippen LogP contribution in [0.4, 0.5) is 0 Å². The predicted octanol–water partition coefficient (Wildman–Crippen LogP) is 1.14. The van der Waals surface area contributed by atoms with Crippen LogP contribution in [0.3, 0.4) is 0 Å². The van der Waals surface area contributed by atoms with Gasteiger partial charge in [0.25, 0.3) is 11.8 Å². The first-order valence-corrected chi connectivity index (χ1v) is 9.08. The summed E-state index contributed by atoms with van der Waals surface area (Å²) >= 11 is 0. The second kappa shape index (κ2) is 11.8. The van der Waals surface area contributed by atoms with Crippen molar-refractivity contribution < 1.29 is 33.3 Å².